The van der Waals surface area contributed by atoms with Crippen LogP contribution in [0.25, 0.3) is 0 Å². The summed E-state index contributed by atoms with van der Waals surface area (Å²) in [6, 6.07) is 0. The van der Waals surface area contributed by atoms with E-state index in [0.29, 0.717) is 6.61 Å². The normalized spacial score (nSPS) is 13.6. The first kappa shape index (κ1) is 15.2. The maximum atomic E-state index is 8.82. The molecule has 0 radical (unpaired) electrons. The Morgan fingerprint density at radius 2 is 2.00 bits per heavy atom. The molecule has 0 aliphatic heterocycles. The molecule has 0 aromatic heterocycles. The van der Waals surface area contributed by atoms with Gasteiger partial charge < -0.3 is 5.11 Å². The standard InChI is InChI=1S/C15H26O/c1-3-5-6-7-8-9-12-15(11-4-2)13-10-14-16/h3,5-6,8-9,15-16H,1,4,7,10-14H2,2H3/b6-5?,9-8-/t15-/m0/s1. The second-order valence-electron chi connectivity index (χ2n) is 4.13. The second-order valence-corrected chi connectivity index (χ2v) is 4.13. The molecular formula is C15H26O. The summed E-state index contributed by atoms with van der Waals surface area (Å²) in [5.74, 6) is 0.747. The molecule has 0 saturated carbocycles. The summed E-state index contributed by atoms with van der Waals surface area (Å²) < 4.78 is 0. The molecule has 0 rings (SSSR count). The van der Waals surface area contributed by atoms with E-state index in [2.05, 4.69) is 31.7 Å². The average molecular weight is 222 g/mol. The van der Waals surface area contributed by atoms with Crippen LogP contribution in [0.5, 0.6) is 0 Å². The maximum absolute atomic E-state index is 8.82. The molecule has 1 atom stereocenters. The number of allylic oxidation sites excluding steroid dienone is 5. The van der Waals surface area contributed by atoms with Crippen molar-refractivity contribution in [2.24, 2.45) is 5.92 Å². The highest BCUT2D eigenvalue weighted by molar-refractivity contribution is 5.01. The van der Waals surface area contributed by atoms with Crippen molar-refractivity contribution in [2.75, 3.05) is 6.61 Å². The zero-order valence-electron chi connectivity index (χ0n) is 10.6. The Labute approximate surface area is 101 Å². The van der Waals surface area contributed by atoms with E-state index in [0.717, 1.165) is 31.6 Å². The molecular weight excluding hydrogens is 196 g/mol. The van der Waals surface area contributed by atoms with E-state index < -0.39 is 0 Å². The number of hydrogen-bond donors (Lipinski definition) is 1. The third-order valence-corrected chi connectivity index (χ3v) is 2.65. The number of aliphatic hydroxyl groups excluding tert-OH is 1. The van der Waals surface area contributed by atoms with E-state index in [9.17, 15) is 0 Å². The Kier molecular flexibility index (Phi) is 11.6. The molecule has 0 bridgehead atoms. The number of aliphatic hydroxyl groups is 1. The van der Waals surface area contributed by atoms with Crippen LogP contribution >= 0.6 is 0 Å². The molecule has 0 aliphatic rings. The van der Waals surface area contributed by atoms with Crippen molar-refractivity contribution in [3.63, 3.8) is 0 Å². The fourth-order valence-electron chi connectivity index (χ4n) is 1.81. The summed E-state index contributed by atoms with van der Waals surface area (Å²) >= 11 is 0. The fourth-order valence-corrected chi connectivity index (χ4v) is 1.81. The first-order chi connectivity index (χ1) is 7.85. The molecule has 92 valence electrons. The average Bonchev–Trinajstić information content (AvgIpc) is 2.30. The molecule has 0 aromatic rings. The lowest BCUT2D eigenvalue weighted by Gasteiger charge is -2.12. The zero-order chi connectivity index (χ0) is 12.1. The zero-order valence-corrected chi connectivity index (χ0v) is 10.6. The summed E-state index contributed by atoms with van der Waals surface area (Å²) in [6.45, 7) is 6.18. The topological polar surface area (TPSA) is 20.2 Å². The number of rotatable bonds is 10. The van der Waals surface area contributed by atoms with Crippen LogP contribution in [0.4, 0.5) is 0 Å². The molecule has 1 N–H and O–H groups in total. The molecule has 1 nitrogen and oxygen atoms in total. The van der Waals surface area contributed by atoms with Gasteiger partial charge in [-0.1, -0.05) is 56.7 Å². The second kappa shape index (κ2) is 12.3. The third kappa shape index (κ3) is 9.72. The van der Waals surface area contributed by atoms with Crippen LogP contribution in [0.3, 0.4) is 0 Å². The molecule has 0 spiro atoms. The van der Waals surface area contributed by atoms with Crippen molar-refractivity contribution in [3.05, 3.63) is 37.0 Å². The van der Waals surface area contributed by atoms with Crippen LogP contribution in [-0.4, -0.2) is 11.7 Å². The molecule has 0 amide bonds. The molecule has 0 heterocycles. The van der Waals surface area contributed by atoms with E-state index in [1.807, 2.05) is 6.08 Å². The van der Waals surface area contributed by atoms with Gasteiger partial charge in [-0.15, -0.1) is 0 Å². The summed E-state index contributed by atoms with van der Waals surface area (Å²) in [5.41, 5.74) is 0. The minimum absolute atomic E-state index is 0.325. The largest absolute Gasteiger partial charge is 0.396 e. The number of hydrogen-bond acceptors (Lipinski definition) is 1. The summed E-state index contributed by atoms with van der Waals surface area (Å²) in [6.07, 6.45) is 17.1. The third-order valence-electron chi connectivity index (χ3n) is 2.65. The van der Waals surface area contributed by atoms with Crippen LogP contribution in [0.15, 0.2) is 37.0 Å². The Hall–Kier alpha value is -0.820. The van der Waals surface area contributed by atoms with Gasteiger partial charge in [-0.25, -0.2) is 0 Å². The molecule has 0 unspecified atom stereocenters. The monoisotopic (exact) mass is 222 g/mol. The van der Waals surface area contributed by atoms with E-state index in [-0.39, 0.29) is 0 Å². The van der Waals surface area contributed by atoms with Crippen molar-refractivity contribution >= 4 is 0 Å². The minimum atomic E-state index is 0.325. The van der Waals surface area contributed by atoms with Gasteiger partial charge in [0.1, 0.15) is 0 Å². The smallest absolute Gasteiger partial charge is 0.0431 e. The minimum Gasteiger partial charge on any atom is -0.396 e. The van der Waals surface area contributed by atoms with Crippen molar-refractivity contribution in [2.45, 2.75) is 45.4 Å². The van der Waals surface area contributed by atoms with Gasteiger partial charge in [-0.2, -0.15) is 0 Å². The van der Waals surface area contributed by atoms with Gasteiger partial charge in [0.15, 0.2) is 0 Å². The molecule has 0 saturated heterocycles. The fraction of sp³-hybridized carbons (Fsp3) is 0.600. The van der Waals surface area contributed by atoms with E-state index in [4.69, 9.17) is 5.11 Å². The first-order valence-corrected chi connectivity index (χ1v) is 6.38. The first-order valence-electron chi connectivity index (χ1n) is 6.38. The quantitative estimate of drug-likeness (QED) is 0.432. The molecule has 1 heteroatoms. The summed E-state index contributed by atoms with van der Waals surface area (Å²) in [4.78, 5) is 0. The van der Waals surface area contributed by atoms with Crippen molar-refractivity contribution < 1.29 is 5.11 Å². The predicted octanol–water partition coefficient (Wildman–Crippen LogP) is 4.25. The van der Waals surface area contributed by atoms with Crippen molar-refractivity contribution in [3.8, 4) is 0 Å². The van der Waals surface area contributed by atoms with Crippen LogP contribution in [0, 0.1) is 5.92 Å². The van der Waals surface area contributed by atoms with E-state index in [1.165, 1.54) is 12.8 Å². The molecule has 0 aromatic carbocycles. The van der Waals surface area contributed by atoms with Crippen LogP contribution in [-0.2, 0) is 0 Å². The highest BCUT2D eigenvalue weighted by Gasteiger charge is 2.04. The Morgan fingerprint density at radius 1 is 1.19 bits per heavy atom. The lowest BCUT2D eigenvalue weighted by Crippen LogP contribution is -2.00. The SMILES string of the molecule is C=CC=CC/C=C\C[C@H](CCC)CCCO. The molecule has 16 heavy (non-hydrogen) atoms. The highest BCUT2D eigenvalue weighted by Crippen LogP contribution is 2.18. The van der Waals surface area contributed by atoms with Gasteiger partial charge >= 0.3 is 0 Å². The Bertz CT molecular complexity index is 203. The van der Waals surface area contributed by atoms with Gasteiger partial charge in [0.2, 0.25) is 0 Å². The van der Waals surface area contributed by atoms with Gasteiger partial charge in [0, 0.05) is 6.61 Å². The van der Waals surface area contributed by atoms with Crippen LogP contribution in [0.1, 0.15) is 45.4 Å². The molecule has 0 aliphatic carbocycles. The lowest BCUT2D eigenvalue weighted by molar-refractivity contribution is 0.268. The van der Waals surface area contributed by atoms with E-state index in [1.54, 1.807) is 6.08 Å². The highest BCUT2D eigenvalue weighted by atomic mass is 16.2. The van der Waals surface area contributed by atoms with Crippen molar-refractivity contribution in [1.82, 2.24) is 0 Å². The predicted molar refractivity (Wildman–Crippen MR) is 72.4 cm³/mol. The summed E-state index contributed by atoms with van der Waals surface area (Å²) in [5, 5.41) is 8.82. The Morgan fingerprint density at radius 3 is 2.62 bits per heavy atom. The van der Waals surface area contributed by atoms with E-state index >= 15 is 0 Å². The van der Waals surface area contributed by atoms with Gasteiger partial charge in [-0.3, -0.25) is 0 Å². The van der Waals surface area contributed by atoms with Crippen LogP contribution < -0.4 is 0 Å². The molecule has 0 fully saturated rings. The van der Waals surface area contributed by atoms with Gasteiger partial charge in [-0.05, 0) is 31.6 Å². The van der Waals surface area contributed by atoms with Crippen LogP contribution in [0.2, 0.25) is 0 Å². The Balaban J connectivity index is 3.72. The summed E-state index contributed by atoms with van der Waals surface area (Å²) in [7, 11) is 0. The van der Waals surface area contributed by atoms with Crippen molar-refractivity contribution in [1.29, 1.82) is 0 Å². The van der Waals surface area contributed by atoms with Gasteiger partial charge in [0.25, 0.3) is 0 Å². The lowest BCUT2D eigenvalue weighted by atomic mass is 9.94. The maximum Gasteiger partial charge on any atom is 0.0431 e. The van der Waals surface area contributed by atoms with Gasteiger partial charge in [0.05, 0.1) is 0 Å².